The maximum atomic E-state index is 12.2. The lowest BCUT2D eigenvalue weighted by molar-refractivity contribution is 0.564. The smallest absolute Gasteiger partial charge is 0.229 e. The van der Waals surface area contributed by atoms with E-state index < -0.39 is 25.9 Å². The molecule has 1 aromatic rings. The third-order valence-electron chi connectivity index (χ3n) is 2.35. The summed E-state index contributed by atoms with van der Waals surface area (Å²) in [6.07, 6.45) is 1.07. The van der Waals surface area contributed by atoms with Gasteiger partial charge in [-0.3, -0.25) is 0 Å². The average molecular weight is 370 g/mol. The average Bonchev–Trinajstić information content (AvgIpc) is 2.17. The quantitative estimate of drug-likeness (QED) is 0.851. The number of aryl methyl sites for hydroxylation is 1. The largest absolute Gasteiger partial charge is 0.241 e. The van der Waals surface area contributed by atoms with Crippen LogP contribution < -0.4 is 4.72 Å². The van der Waals surface area contributed by atoms with E-state index in [0.29, 0.717) is 10.0 Å². The van der Waals surface area contributed by atoms with Crippen LogP contribution in [0.25, 0.3) is 0 Å². The fourth-order valence-electron chi connectivity index (χ4n) is 1.68. The van der Waals surface area contributed by atoms with Gasteiger partial charge in [0.25, 0.3) is 0 Å². The van der Waals surface area contributed by atoms with Crippen molar-refractivity contribution in [3.8, 4) is 0 Å². The number of sulfonamides is 1. The van der Waals surface area contributed by atoms with Crippen LogP contribution in [0.3, 0.4) is 0 Å². The maximum absolute atomic E-state index is 12.2. The van der Waals surface area contributed by atoms with Crippen molar-refractivity contribution in [3.63, 3.8) is 0 Å². The Balaban J connectivity index is 3.02. The third kappa shape index (κ3) is 5.21. The molecule has 0 spiro atoms. The second kappa shape index (κ2) is 5.90. The second-order valence-electron chi connectivity index (χ2n) is 4.52. The van der Waals surface area contributed by atoms with Gasteiger partial charge in [0, 0.05) is 16.8 Å². The van der Waals surface area contributed by atoms with Crippen LogP contribution in [0.5, 0.6) is 0 Å². The fourth-order valence-corrected chi connectivity index (χ4v) is 4.80. The first-order chi connectivity index (χ1) is 8.51. The topological polar surface area (TPSA) is 80.3 Å². The molecule has 8 heteroatoms. The van der Waals surface area contributed by atoms with E-state index in [9.17, 15) is 16.8 Å². The van der Waals surface area contributed by atoms with E-state index >= 15 is 0 Å². The Labute approximate surface area is 122 Å². The summed E-state index contributed by atoms with van der Waals surface area (Å²) in [5.41, 5.74) is 0.599. The summed E-state index contributed by atoms with van der Waals surface area (Å²) in [6.45, 7) is 3.20. The lowest BCUT2D eigenvalue weighted by Crippen LogP contribution is -2.37. The lowest BCUT2D eigenvalue weighted by Gasteiger charge is -2.14. The van der Waals surface area contributed by atoms with Crippen molar-refractivity contribution in [1.29, 1.82) is 0 Å². The van der Waals surface area contributed by atoms with E-state index in [1.807, 2.05) is 0 Å². The highest BCUT2D eigenvalue weighted by Gasteiger charge is 2.21. The van der Waals surface area contributed by atoms with E-state index in [1.54, 1.807) is 19.1 Å². The van der Waals surface area contributed by atoms with Crippen molar-refractivity contribution in [2.75, 3.05) is 12.0 Å². The zero-order valence-corrected chi connectivity index (χ0v) is 14.1. The van der Waals surface area contributed by atoms with Crippen LogP contribution in [0.1, 0.15) is 12.5 Å². The Hall–Kier alpha value is -0.440. The van der Waals surface area contributed by atoms with Gasteiger partial charge in [-0.2, -0.15) is 0 Å². The molecule has 19 heavy (non-hydrogen) atoms. The Morgan fingerprint density at radius 2 is 1.84 bits per heavy atom. The van der Waals surface area contributed by atoms with Crippen molar-refractivity contribution in [3.05, 3.63) is 28.2 Å². The lowest BCUT2D eigenvalue weighted by atomic mass is 10.2. The number of sulfone groups is 1. The molecule has 1 unspecified atom stereocenters. The fraction of sp³-hybridized carbons (Fsp3) is 0.455. The van der Waals surface area contributed by atoms with Crippen LogP contribution >= 0.6 is 15.9 Å². The van der Waals surface area contributed by atoms with Gasteiger partial charge in [-0.15, -0.1) is 0 Å². The minimum atomic E-state index is -3.73. The number of hydrogen-bond acceptors (Lipinski definition) is 4. The van der Waals surface area contributed by atoms with Crippen LogP contribution in [0, 0.1) is 6.92 Å². The van der Waals surface area contributed by atoms with Gasteiger partial charge in [-0.25, -0.2) is 21.6 Å². The van der Waals surface area contributed by atoms with Gasteiger partial charge in [0.2, 0.25) is 10.0 Å². The summed E-state index contributed by atoms with van der Waals surface area (Å²) in [5.74, 6) is -0.237. The molecule has 1 rings (SSSR count). The van der Waals surface area contributed by atoms with E-state index in [2.05, 4.69) is 20.7 Å². The molecule has 1 N–H and O–H groups in total. The minimum absolute atomic E-state index is 0.141. The molecule has 1 atom stereocenters. The molecule has 0 aliphatic rings. The third-order valence-corrected chi connectivity index (χ3v) is 5.68. The molecule has 0 bridgehead atoms. The molecule has 5 nitrogen and oxygen atoms in total. The molecule has 1 aromatic carbocycles. The molecule has 0 amide bonds. The van der Waals surface area contributed by atoms with Crippen molar-refractivity contribution < 1.29 is 16.8 Å². The summed E-state index contributed by atoms with van der Waals surface area (Å²) < 4.78 is 49.7. The summed E-state index contributed by atoms with van der Waals surface area (Å²) in [6, 6.07) is 4.23. The normalized spacial score (nSPS) is 14.3. The number of rotatable bonds is 5. The van der Waals surface area contributed by atoms with Crippen LogP contribution in [0.4, 0.5) is 0 Å². The molecular weight excluding hydrogens is 354 g/mol. The molecule has 0 aromatic heterocycles. The molecule has 0 heterocycles. The van der Waals surface area contributed by atoms with Gasteiger partial charge in [-0.05, 0) is 31.5 Å². The van der Waals surface area contributed by atoms with Gasteiger partial charge in [0.15, 0.2) is 0 Å². The predicted molar refractivity (Wildman–Crippen MR) is 78.4 cm³/mol. The Morgan fingerprint density at radius 3 is 2.37 bits per heavy atom. The van der Waals surface area contributed by atoms with Crippen molar-refractivity contribution in [1.82, 2.24) is 4.72 Å². The Kier molecular flexibility index (Phi) is 5.16. The Bertz CT molecular complexity index is 668. The molecule has 0 fully saturated rings. The Morgan fingerprint density at radius 1 is 1.26 bits per heavy atom. The highest BCUT2D eigenvalue weighted by atomic mass is 79.9. The first kappa shape index (κ1) is 16.6. The molecule has 108 valence electrons. The zero-order chi connectivity index (χ0) is 14.8. The van der Waals surface area contributed by atoms with Gasteiger partial charge in [0.05, 0.1) is 10.6 Å². The summed E-state index contributed by atoms with van der Waals surface area (Å²) in [7, 11) is -6.96. The first-order valence-electron chi connectivity index (χ1n) is 5.47. The van der Waals surface area contributed by atoms with Crippen molar-refractivity contribution >= 4 is 35.8 Å². The first-order valence-corrected chi connectivity index (χ1v) is 9.81. The molecule has 0 saturated heterocycles. The van der Waals surface area contributed by atoms with Gasteiger partial charge >= 0.3 is 0 Å². The van der Waals surface area contributed by atoms with Gasteiger partial charge < -0.3 is 0 Å². The highest BCUT2D eigenvalue weighted by molar-refractivity contribution is 9.10. The van der Waals surface area contributed by atoms with Gasteiger partial charge in [-0.1, -0.05) is 22.0 Å². The van der Waals surface area contributed by atoms with Gasteiger partial charge in [0.1, 0.15) is 9.84 Å². The summed E-state index contributed by atoms with van der Waals surface area (Å²) in [5, 5.41) is 0. The van der Waals surface area contributed by atoms with Crippen LogP contribution in [0.15, 0.2) is 27.6 Å². The predicted octanol–water partition coefficient (Wildman–Crippen LogP) is 1.47. The number of nitrogens with one attached hydrogen (secondary N) is 1. The monoisotopic (exact) mass is 369 g/mol. The maximum Gasteiger partial charge on any atom is 0.241 e. The minimum Gasteiger partial charge on any atom is -0.229 e. The van der Waals surface area contributed by atoms with Crippen LogP contribution in [-0.4, -0.2) is 34.9 Å². The summed E-state index contributed by atoms with van der Waals surface area (Å²) in [4.78, 5) is 0.141. The number of hydrogen-bond donors (Lipinski definition) is 1. The number of benzene rings is 1. The standard InChI is InChI=1S/C11H16BrNO4S2/c1-8-4-5-10(12)6-11(8)19(16,17)13-9(2)7-18(3,14)15/h4-6,9,13H,7H2,1-3H3. The molecular formula is C11H16BrNO4S2. The van der Waals surface area contributed by atoms with E-state index in [-0.39, 0.29) is 10.6 Å². The zero-order valence-electron chi connectivity index (χ0n) is 10.8. The number of halogens is 1. The van der Waals surface area contributed by atoms with Crippen LogP contribution in [0.2, 0.25) is 0 Å². The van der Waals surface area contributed by atoms with E-state index in [1.165, 1.54) is 13.0 Å². The van der Waals surface area contributed by atoms with Crippen LogP contribution in [-0.2, 0) is 19.9 Å². The molecule has 0 aliphatic heterocycles. The van der Waals surface area contributed by atoms with E-state index in [0.717, 1.165) is 6.26 Å². The molecule has 0 aliphatic carbocycles. The molecule has 0 saturated carbocycles. The van der Waals surface area contributed by atoms with Crippen molar-refractivity contribution in [2.24, 2.45) is 0 Å². The molecule has 0 radical (unpaired) electrons. The second-order valence-corrected chi connectivity index (χ2v) is 9.31. The van der Waals surface area contributed by atoms with E-state index in [4.69, 9.17) is 0 Å². The van der Waals surface area contributed by atoms with Crippen molar-refractivity contribution in [2.45, 2.75) is 24.8 Å². The highest BCUT2D eigenvalue weighted by Crippen LogP contribution is 2.20. The SMILES string of the molecule is Cc1ccc(Br)cc1S(=O)(=O)NC(C)CS(C)(=O)=O. The summed E-state index contributed by atoms with van der Waals surface area (Å²) >= 11 is 3.22.